The number of aryl methyl sites for hydroxylation is 2. The van der Waals surface area contributed by atoms with E-state index in [2.05, 4.69) is 15.5 Å². The van der Waals surface area contributed by atoms with E-state index in [0.29, 0.717) is 21.4 Å². The quantitative estimate of drug-likeness (QED) is 0.378. The van der Waals surface area contributed by atoms with Crippen LogP contribution in [-0.4, -0.2) is 21.3 Å². The zero-order valence-electron chi connectivity index (χ0n) is 14.0. The first-order chi connectivity index (χ1) is 12.4. The highest BCUT2D eigenvalue weighted by molar-refractivity contribution is 6.39. The number of carbonyl (C=O) groups is 1. The predicted octanol–water partition coefficient (Wildman–Crippen LogP) is 4.86. The molecular formula is C18H16Cl2N4O2. The maximum atomic E-state index is 11.8. The van der Waals surface area contributed by atoms with Crippen LogP contribution in [0.3, 0.4) is 0 Å². The molecule has 8 heteroatoms. The third-order valence-electron chi connectivity index (χ3n) is 3.99. The number of nitrogens with one attached hydrogen (secondary N) is 3. The first-order valence-electron chi connectivity index (χ1n) is 7.73. The molecule has 134 valence electrons. The first-order valence-corrected chi connectivity index (χ1v) is 8.49. The van der Waals surface area contributed by atoms with Gasteiger partial charge in [-0.2, -0.15) is 5.10 Å². The number of anilines is 2. The molecule has 0 unspecified atom stereocenters. The van der Waals surface area contributed by atoms with Crippen LogP contribution in [0.25, 0.3) is 11.1 Å². The third-order valence-corrected chi connectivity index (χ3v) is 4.59. The number of aromatic nitrogens is 2. The van der Waals surface area contributed by atoms with E-state index in [1.54, 1.807) is 41.9 Å². The number of hydrogen-bond acceptors (Lipinski definition) is 4. The number of H-pyrrole nitrogens is 1. The minimum Gasteiger partial charge on any atom is -0.352 e. The molecular weight excluding hydrogens is 375 g/mol. The summed E-state index contributed by atoms with van der Waals surface area (Å²) >= 11 is 12.9. The molecule has 0 bridgehead atoms. The largest absolute Gasteiger partial charge is 0.352 e. The molecule has 26 heavy (non-hydrogen) atoms. The molecule has 0 saturated heterocycles. The van der Waals surface area contributed by atoms with Gasteiger partial charge in [0.25, 0.3) is 5.91 Å². The van der Waals surface area contributed by atoms with Crippen molar-refractivity contribution in [2.45, 2.75) is 13.8 Å². The van der Waals surface area contributed by atoms with Gasteiger partial charge < -0.3 is 5.32 Å². The number of amides is 1. The van der Waals surface area contributed by atoms with E-state index in [9.17, 15) is 4.79 Å². The summed E-state index contributed by atoms with van der Waals surface area (Å²) in [5.74, 6) is -0.637. The van der Waals surface area contributed by atoms with Crippen molar-refractivity contribution in [2.75, 3.05) is 5.32 Å². The van der Waals surface area contributed by atoms with Crippen molar-refractivity contribution in [1.29, 1.82) is 0 Å². The van der Waals surface area contributed by atoms with Gasteiger partial charge in [0.15, 0.2) is 0 Å². The van der Waals surface area contributed by atoms with Crippen molar-refractivity contribution < 1.29 is 10.0 Å². The van der Waals surface area contributed by atoms with E-state index >= 15 is 0 Å². The molecule has 1 heterocycles. The topological polar surface area (TPSA) is 90.0 Å². The first kappa shape index (κ1) is 18.3. The van der Waals surface area contributed by atoms with Crippen LogP contribution in [-0.2, 0) is 0 Å². The van der Waals surface area contributed by atoms with Gasteiger partial charge in [-0.3, -0.25) is 15.1 Å². The van der Waals surface area contributed by atoms with Crippen LogP contribution < -0.4 is 10.8 Å². The monoisotopic (exact) mass is 390 g/mol. The number of benzene rings is 2. The van der Waals surface area contributed by atoms with E-state index in [1.165, 1.54) is 0 Å². The SMILES string of the molecule is Cc1n[nH]c(C)c1-c1cc(Cl)c(Nc2ccccc2C(=O)NO)c(Cl)c1. The Bertz CT molecular complexity index is 943. The Labute approximate surface area is 160 Å². The number of para-hydroxylation sites is 1. The van der Waals surface area contributed by atoms with Crippen LogP contribution in [0.2, 0.25) is 10.0 Å². The molecule has 1 aromatic heterocycles. The van der Waals surface area contributed by atoms with Gasteiger partial charge >= 0.3 is 0 Å². The molecule has 0 spiro atoms. The van der Waals surface area contributed by atoms with Crippen LogP contribution in [0.5, 0.6) is 0 Å². The number of hydrogen-bond donors (Lipinski definition) is 4. The van der Waals surface area contributed by atoms with Gasteiger partial charge in [-0.1, -0.05) is 35.3 Å². The third kappa shape index (κ3) is 3.39. The lowest BCUT2D eigenvalue weighted by molar-refractivity contribution is 0.0707. The van der Waals surface area contributed by atoms with E-state index < -0.39 is 5.91 Å². The number of nitrogens with zero attached hydrogens (tertiary/aromatic N) is 1. The zero-order valence-corrected chi connectivity index (χ0v) is 15.5. The summed E-state index contributed by atoms with van der Waals surface area (Å²) in [6, 6.07) is 10.3. The van der Waals surface area contributed by atoms with Crippen LogP contribution in [0.15, 0.2) is 36.4 Å². The second-order valence-electron chi connectivity index (χ2n) is 5.74. The highest BCUT2D eigenvalue weighted by Crippen LogP contribution is 2.39. The lowest BCUT2D eigenvalue weighted by atomic mass is 10.0. The summed E-state index contributed by atoms with van der Waals surface area (Å²) < 4.78 is 0. The number of rotatable bonds is 4. The second kappa shape index (κ2) is 7.37. The van der Waals surface area contributed by atoms with Crippen molar-refractivity contribution in [3.8, 4) is 11.1 Å². The van der Waals surface area contributed by atoms with Crippen molar-refractivity contribution >= 4 is 40.5 Å². The second-order valence-corrected chi connectivity index (χ2v) is 6.55. The van der Waals surface area contributed by atoms with E-state index in [-0.39, 0.29) is 5.56 Å². The Morgan fingerprint density at radius 3 is 2.38 bits per heavy atom. The molecule has 0 atom stereocenters. The molecule has 1 amide bonds. The summed E-state index contributed by atoms with van der Waals surface area (Å²) in [5, 5.41) is 19.9. The summed E-state index contributed by atoms with van der Waals surface area (Å²) in [6.45, 7) is 3.82. The van der Waals surface area contributed by atoms with Gasteiger partial charge in [0.05, 0.1) is 32.7 Å². The number of carbonyl (C=O) groups excluding carboxylic acids is 1. The van der Waals surface area contributed by atoms with E-state index in [4.69, 9.17) is 28.4 Å². The number of halogens is 2. The van der Waals surface area contributed by atoms with Crippen molar-refractivity contribution in [3.63, 3.8) is 0 Å². The standard InChI is InChI=1S/C18H16Cl2N4O2/c1-9-16(10(2)23-22-9)11-7-13(19)17(14(20)8-11)21-15-6-4-3-5-12(15)18(25)24-26/h3-8,21,26H,1-2H3,(H,22,23)(H,24,25). The summed E-state index contributed by atoms with van der Waals surface area (Å²) in [7, 11) is 0. The lowest BCUT2D eigenvalue weighted by Gasteiger charge is -2.15. The molecule has 0 aliphatic carbocycles. The fourth-order valence-corrected chi connectivity index (χ4v) is 3.38. The molecule has 0 saturated carbocycles. The van der Waals surface area contributed by atoms with Gasteiger partial charge in [0.1, 0.15) is 0 Å². The highest BCUT2D eigenvalue weighted by atomic mass is 35.5. The summed E-state index contributed by atoms with van der Waals surface area (Å²) in [5.41, 5.74) is 6.36. The van der Waals surface area contributed by atoms with E-state index in [0.717, 1.165) is 22.5 Å². The molecule has 3 aromatic rings. The Morgan fingerprint density at radius 2 is 1.81 bits per heavy atom. The Kier molecular flexibility index (Phi) is 5.18. The molecule has 0 fully saturated rings. The average Bonchev–Trinajstić information content (AvgIpc) is 2.96. The minimum absolute atomic E-state index is 0.257. The molecule has 0 radical (unpaired) electrons. The molecule has 4 N–H and O–H groups in total. The normalized spacial score (nSPS) is 10.7. The van der Waals surface area contributed by atoms with Gasteiger partial charge in [0.2, 0.25) is 0 Å². The molecule has 6 nitrogen and oxygen atoms in total. The smallest absolute Gasteiger partial charge is 0.276 e. The van der Waals surface area contributed by atoms with Crippen molar-refractivity contribution in [3.05, 3.63) is 63.4 Å². The maximum Gasteiger partial charge on any atom is 0.276 e. The van der Waals surface area contributed by atoms with Crippen LogP contribution >= 0.6 is 23.2 Å². The molecule has 0 aliphatic rings. The van der Waals surface area contributed by atoms with Crippen LogP contribution in [0, 0.1) is 13.8 Å². The van der Waals surface area contributed by atoms with Gasteiger partial charge in [-0.05, 0) is 43.7 Å². The van der Waals surface area contributed by atoms with E-state index in [1.807, 2.05) is 13.8 Å². The predicted molar refractivity (Wildman–Crippen MR) is 102 cm³/mol. The Balaban J connectivity index is 2.02. The van der Waals surface area contributed by atoms with Gasteiger partial charge in [-0.15, -0.1) is 0 Å². The van der Waals surface area contributed by atoms with Gasteiger partial charge in [-0.25, -0.2) is 5.48 Å². The highest BCUT2D eigenvalue weighted by Gasteiger charge is 2.16. The zero-order chi connectivity index (χ0) is 18.8. The van der Waals surface area contributed by atoms with Crippen LogP contribution in [0.4, 0.5) is 11.4 Å². The fourth-order valence-electron chi connectivity index (χ4n) is 2.80. The van der Waals surface area contributed by atoms with Crippen molar-refractivity contribution in [2.24, 2.45) is 0 Å². The van der Waals surface area contributed by atoms with Crippen molar-refractivity contribution in [1.82, 2.24) is 15.7 Å². The molecule has 2 aromatic carbocycles. The Morgan fingerprint density at radius 1 is 1.15 bits per heavy atom. The summed E-state index contributed by atoms with van der Waals surface area (Å²) in [6.07, 6.45) is 0. The number of aromatic amines is 1. The fraction of sp³-hybridized carbons (Fsp3) is 0.111. The number of hydroxylamine groups is 1. The summed E-state index contributed by atoms with van der Waals surface area (Å²) in [4.78, 5) is 11.8. The lowest BCUT2D eigenvalue weighted by Crippen LogP contribution is -2.19. The average molecular weight is 391 g/mol. The Hall–Kier alpha value is -2.54. The minimum atomic E-state index is -0.637. The maximum absolute atomic E-state index is 11.8. The van der Waals surface area contributed by atoms with Gasteiger partial charge in [0, 0.05) is 11.3 Å². The molecule has 0 aliphatic heterocycles. The van der Waals surface area contributed by atoms with Crippen LogP contribution in [0.1, 0.15) is 21.7 Å². The molecule has 3 rings (SSSR count).